The molecule has 0 radical (unpaired) electrons. The Labute approximate surface area is 92.7 Å². The van der Waals surface area contributed by atoms with Crippen LogP contribution in [0, 0.1) is 5.92 Å². The van der Waals surface area contributed by atoms with Crippen molar-refractivity contribution in [3.05, 3.63) is 34.2 Å². The summed E-state index contributed by atoms with van der Waals surface area (Å²) in [5, 5.41) is 8.99. The standard InChI is InChI=1S/C11H14N2O3/c14-7-8-2-4-13(6-8)11(16)9-1-3-12-10(15)5-9/h1,3,5,8,14H,2,4,6-7H2,(H,12,15)/t8-/m1/s1. The third-order valence-corrected chi connectivity index (χ3v) is 2.85. The van der Waals surface area contributed by atoms with Gasteiger partial charge in [0.1, 0.15) is 0 Å². The number of pyridine rings is 1. The molecule has 0 spiro atoms. The predicted octanol–water partition coefficient (Wildman–Crippen LogP) is -0.171. The molecule has 2 rings (SSSR count). The zero-order valence-corrected chi connectivity index (χ0v) is 8.85. The molecule has 0 aromatic carbocycles. The van der Waals surface area contributed by atoms with Gasteiger partial charge in [-0.1, -0.05) is 0 Å². The van der Waals surface area contributed by atoms with Gasteiger partial charge in [0, 0.05) is 43.4 Å². The molecular formula is C11H14N2O3. The third kappa shape index (κ3) is 2.14. The first-order chi connectivity index (χ1) is 7.70. The molecule has 2 heterocycles. The van der Waals surface area contributed by atoms with Crippen LogP contribution in [0.1, 0.15) is 16.8 Å². The van der Waals surface area contributed by atoms with Crippen LogP contribution < -0.4 is 5.56 Å². The first kappa shape index (κ1) is 10.9. The molecule has 1 aromatic heterocycles. The Morgan fingerprint density at radius 1 is 1.62 bits per heavy atom. The minimum atomic E-state index is -0.274. The Bertz CT molecular complexity index is 441. The van der Waals surface area contributed by atoms with Gasteiger partial charge in [-0.05, 0) is 12.5 Å². The van der Waals surface area contributed by atoms with Crippen LogP contribution in [0.25, 0.3) is 0 Å². The first-order valence-corrected chi connectivity index (χ1v) is 5.29. The van der Waals surface area contributed by atoms with E-state index >= 15 is 0 Å². The Hall–Kier alpha value is -1.62. The molecule has 16 heavy (non-hydrogen) atoms. The topological polar surface area (TPSA) is 73.4 Å². The van der Waals surface area contributed by atoms with Gasteiger partial charge in [0.15, 0.2) is 0 Å². The van der Waals surface area contributed by atoms with Crippen molar-refractivity contribution in [2.24, 2.45) is 5.92 Å². The second-order valence-corrected chi connectivity index (χ2v) is 4.03. The van der Waals surface area contributed by atoms with Gasteiger partial charge in [-0.15, -0.1) is 0 Å². The van der Waals surface area contributed by atoms with Gasteiger partial charge in [0.05, 0.1) is 0 Å². The highest BCUT2D eigenvalue weighted by Crippen LogP contribution is 2.17. The van der Waals surface area contributed by atoms with Crippen LogP contribution >= 0.6 is 0 Å². The molecule has 1 aliphatic rings. The van der Waals surface area contributed by atoms with Gasteiger partial charge < -0.3 is 15.0 Å². The number of aliphatic hydroxyl groups is 1. The van der Waals surface area contributed by atoms with Gasteiger partial charge >= 0.3 is 0 Å². The number of aromatic nitrogens is 1. The molecule has 1 aliphatic heterocycles. The molecule has 1 saturated heterocycles. The van der Waals surface area contributed by atoms with Crippen LogP contribution in [0.2, 0.25) is 0 Å². The highest BCUT2D eigenvalue weighted by molar-refractivity contribution is 5.94. The number of hydrogen-bond donors (Lipinski definition) is 2. The van der Waals surface area contributed by atoms with Crippen LogP contribution in [0.4, 0.5) is 0 Å². The average Bonchev–Trinajstić information content (AvgIpc) is 2.76. The summed E-state index contributed by atoms with van der Waals surface area (Å²) in [5.41, 5.74) is 0.131. The summed E-state index contributed by atoms with van der Waals surface area (Å²) in [5.74, 6) is 0.0352. The number of carbonyl (C=O) groups excluding carboxylic acids is 1. The lowest BCUT2D eigenvalue weighted by Crippen LogP contribution is -2.29. The highest BCUT2D eigenvalue weighted by atomic mass is 16.3. The number of carbonyl (C=O) groups is 1. The second-order valence-electron chi connectivity index (χ2n) is 4.03. The molecule has 1 aromatic rings. The van der Waals surface area contributed by atoms with Crippen molar-refractivity contribution in [3.63, 3.8) is 0 Å². The average molecular weight is 222 g/mol. The Morgan fingerprint density at radius 3 is 3.06 bits per heavy atom. The van der Waals surface area contributed by atoms with Crippen LogP contribution in [0.15, 0.2) is 23.1 Å². The van der Waals surface area contributed by atoms with Crippen molar-refractivity contribution in [1.29, 1.82) is 0 Å². The van der Waals surface area contributed by atoms with Crippen molar-refractivity contribution in [2.45, 2.75) is 6.42 Å². The highest BCUT2D eigenvalue weighted by Gasteiger charge is 2.26. The summed E-state index contributed by atoms with van der Waals surface area (Å²) in [6.07, 6.45) is 2.29. The van der Waals surface area contributed by atoms with Gasteiger partial charge in [-0.25, -0.2) is 0 Å². The SMILES string of the molecule is O=C(c1cc[nH]c(=O)c1)N1CC[C@@H](CO)C1. The number of hydrogen-bond acceptors (Lipinski definition) is 3. The lowest BCUT2D eigenvalue weighted by Gasteiger charge is -2.15. The van der Waals surface area contributed by atoms with Crippen LogP contribution in [0.3, 0.4) is 0 Å². The maximum atomic E-state index is 12.0. The fourth-order valence-corrected chi connectivity index (χ4v) is 1.93. The van der Waals surface area contributed by atoms with Crippen LogP contribution in [0.5, 0.6) is 0 Å². The molecule has 0 saturated carbocycles. The molecule has 86 valence electrons. The fraction of sp³-hybridized carbons (Fsp3) is 0.455. The monoisotopic (exact) mass is 222 g/mol. The van der Waals surface area contributed by atoms with E-state index in [-0.39, 0.29) is 24.0 Å². The van der Waals surface area contributed by atoms with E-state index in [1.165, 1.54) is 12.3 Å². The number of amides is 1. The van der Waals surface area contributed by atoms with Crippen molar-refractivity contribution < 1.29 is 9.90 Å². The zero-order valence-electron chi connectivity index (χ0n) is 8.85. The van der Waals surface area contributed by atoms with E-state index in [1.807, 2.05) is 0 Å². The van der Waals surface area contributed by atoms with Crippen molar-refractivity contribution in [2.75, 3.05) is 19.7 Å². The summed E-state index contributed by atoms with van der Waals surface area (Å²) in [4.78, 5) is 27.2. The van der Waals surface area contributed by atoms with Crippen LogP contribution in [-0.4, -0.2) is 40.6 Å². The number of aromatic amines is 1. The fourth-order valence-electron chi connectivity index (χ4n) is 1.93. The summed E-state index contributed by atoms with van der Waals surface area (Å²) in [6.45, 7) is 1.33. The zero-order chi connectivity index (χ0) is 11.5. The lowest BCUT2D eigenvalue weighted by molar-refractivity contribution is 0.0781. The number of likely N-dealkylation sites (tertiary alicyclic amines) is 1. The van der Waals surface area contributed by atoms with Gasteiger partial charge in [0.25, 0.3) is 5.91 Å². The number of nitrogens with one attached hydrogen (secondary N) is 1. The van der Waals surface area contributed by atoms with E-state index in [2.05, 4.69) is 4.98 Å². The van der Waals surface area contributed by atoms with Crippen molar-refractivity contribution >= 4 is 5.91 Å². The van der Waals surface area contributed by atoms with Gasteiger partial charge in [0.2, 0.25) is 5.56 Å². The van der Waals surface area contributed by atoms with Crippen LogP contribution in [-0.2, 0) is 0 Å². The quantitative estimate of drug-likeness (QED) is 0.729. The minimum absolute atomic E-state index is 0.110. The van der Waals surface area contributed by atoms with E-state index in [0.29, 0.717) is 18.7 Å². The largest absolute Gasteiger partial charge is 0.396 e. The van der Waals surface area contributed by atoms with E-state index in [0.717, 1.165) is 6.42 Å². The van der Waals surface area contributed by atoms with Crippen molar-refractivity contribution in [3.8, 4) is 0 Å². The maximum Gasteiger partial charge on any atom is 0.254 e. The molecule has 0 aliphatic carbocycles. The normalized spacial score (nSPS) is 20.1. The number of H-pyrrole nitrogens is 1. The van der Waals surface area contributed by atoms with E-state index < -0.39 is 0 Å². The molecule has 0 unspecified atom stereocenters. The Balaban J connectivity index is 2.11. The summed E-state index contributed by atoms with van der Waals surface area (Å²) in [6, 6.07) is 2.89. The number of rotatable bonds is 2. The minimum Gasteiger partial charge on any atom is -0.396 e. The predicted molar refractivity (Wildman–Crippen MR) is 58.2 cm³/mol. The Morgan fingerprint density at radius 2 is 2.44 bits per heavy atom. The summed E-state index contributed by atoms with van der Waals surface area (Å²) in [7, 11) is 0. The first-order valence-electron chi connectivity index (χ1n) is 5.29. The molecule has 1 amide bonds. The molecule has 0 bridgehead atoms. The van der Waals surface area contributed by atoms with Crippen molar-refractivity contribution in [1.82, 2.24) is 9.88 Å². The number of nitrogens with zero attached hydrogens (tertiary/aromatic N) is 1. The maximum absolute atomic E-state index is 12.0. The van der Waals surface area contributed by atoms with Gasteiger partial charge in [-0.2, -0.15) is 0 Å². The van der Waals surface area contributed by atoms with E-state index in [1.54, 1.807) is 11.0 Å². The summed E-state index contributed by atoms with van der Waals surface area (Å²) < 4.78 is 0. The molecule has 5 heteroatoms. The van der Waals surface area contributed by atoms with E-state index in [4.69, 9.17) is 5.11 Å². The summed E-state index contributed by atoms with van der Waals surface area (Å²) >= 11 is 0. The molecule has 1 atom stereocenters. The number of aliphatic hydroxyl groups excluding tert-OH is 1. The second kappa shape index (κ2) is 4.49. The molecular weight excluding hydrogens is 208 g/mol. The third-order valence-electron chi connectivity index (χ3n) is 2.85. The molecule has 2 N–H and O–H groups in total. The smallest absolute Gasteiger partial charge is 0.254 e. The van der Waals surface area contributed by atoms with Gasteiger partial charge in [-0.3, -0.25) is 9.59 Å². The molecule has 5 nitrogen and oxygen atoms in total. The Kier molecular flexibility index (Phi) is 3.05. The van der Waals surface area contributed by atoms with E-state index in [9.17, 15) is 9.59 Å². The lowest BCUT2D eigenvalue weighted by atomic mass is 10.1. The molecule has 1 fully saturated rings.